The SMILES string of the molecule is COn1c(=O)c(NC(O)OC(C)(C)C)cc2ccc(-c3ccccc3)cc21. The maximum atomic E-state index is 12.8. The van der Waals surface area contributed by atoms with Gasteiger partial charge < -0.3 is 20.0 Å². The molecule has 142 valence electrons. The van der Waals surface area contributed by atoms with E-state index in [0.717, 1.165) is 16.5 Å². The molecule has 2 N–H and O–H groups in total. The number of fused-ring (bicyclic) bond motifs is 1. The van der Waals surface area contributed by atoms with Gasteiger partial charge in [-0.05, 0) is 44.0 Å². The Bertz CT molecular complexity index is 991. The molecule has 0 bridgehead atoms. The van der Waals surface area contributed by atoms with Gasteiger partial charge in [-0.2, -0.15) is 0 Å². The zero-order valence-corrected chi connectivity index (χ0v) is 15.9. The maximum Gasteiger partial charge on any atom is 0.307 e. The summed E-state index contributed by atoms with van der Waals surface area (Å²) in [7, 11) is 1.43. The van der Waals surface area contributed by atoms with Gasteiger partial charge >= 0.3 is 5.56 Å². The highest BCUT2D eigenvalue weighted by atomic mass is 16.7. The monoisotopic (exact) mass is 368 g/mol. The normalized spacial score (nSPS) is 12.8. The number of ether oxygens (including phenoxy) is 1. The topological polar surface area (TPSA) is 72.7 Å². The van der Waals surface area contributed by atoms with Crippen LogP contribution in [0, 0.1) is 0 Å². The van der Waals surface area contributed by atoms with E-state index in [4.69, 9.17) is 9.57 Å². The van der Waals surface area contributed by atoms with E-state index in [1.165, 1.54) is 11.8 Å². The van der Waals surface area contributed by atoms with Crippen molar-refractivity contribution in [2.24, 2.45) is 0 Å². The van der Waals surface area contributed by atoms with Crippen LogP contribution >= 0.6 is 0 Å². The third kappa shape index (κ3) is 4.30. The summed E-state index contributed by atoms with van der Waals surface area (Å²) in [6, 6.07) is 17.4. The van der Waals surface area contributed by atoms with Gasteiger partial charge in [0.25, 0.3) is 0 Å². The van der Waals surface area contributed by atoms with Crippen molar-refractivity contribution in [1.29, 1.82) is 0 Å². The van der Waals surface area contributed by atoms with Gasteiger partial charge in [0, 0.05) is 5.39 Å². The highest BCUT2D eigenvalue weighted by molar-refractivity contribution is 5.86. The molecule has 1 heterocycles. The number of nitrogens with one attached hydrogen (secondary N) is 1. The summed E-state index contributed by atoms with van der Waals surface area (Å²) in [5, 5.41) is 13.6. The first kappa shape index (κ1) is 18.9. The standard InChI is InChI=1S/C21H24N2O4/c1-21(2,3)27-20(25)22-17-12-16-11-10-15(14-8-6-5-7-9-14)13-18(16)23(26-4)19(17)24/h5-13,20,22,25H,1-4H3. The van der Waals surface area contributed by atoms with Crippen LogP contribution in [0.15, 0.2) is 59.4 Å². The van der Waals surface area contributed by atoms with Crippen LogP contribution in [0.2, 0.25) is 0 Å². The molecule has 6 heteroatoms. The van der Waals surface area contributed by atoms with E-state index in [2.05, 4.69) is 5.32 Å². The second-order valence-corrected chi connectivity index (χ2v) is 7.21. The summed E-state index contributed by atoms with van der Waals surface area (Å²) in [6.45, 7) is 5.45. The minimum absolute atomic E-state index is 0.188. The van der Waals surface area contributed by atoms with Gasteiger partial charge in [0.15, 0.2) is 0 Å². The molecule has 0 aliphatic carbocycles. The summed E-state index contributed by atoms with van der Waals surface area (Å²) >= 11 is 0. The van der Waals surface area contributed by atoms with Crippen molar-refractivity contribution >= 4 is 16.6 Å². The average Bonchev–Trinajstić information content (AvgIpc) is 2.61. The van der Waals surface area contributed by atoms with Crippen molar-refractivity contribution in [2.45, 2.75) is 32.8 Å². The predicted octanol–water partition coefficient (Wildman–Crippen LogP) is 3.23. The Morgan fingerprint density at radius 1 is 1.04 bits per heavy atom. The molecule has 6 nitrogen and oxygen atoms in total. The summed E-state index contributed by atoms with van der Waals surface area (Å²) in [4.78, 5) is 18.1. The first-order valence-corrected chi connectivity index (χ1v) is 8.70. The molecule has 27 heavy (non-hydrogen) atoms. The van der Waals surface area contributed by atoms with Crippen LogP contribution in [0.5, 0.6) is 0 Å². The van der Waals surface area contributed by atoms with Crippen LogP contribution in [-0.4, -0.2) is 29.0 Å². The molecule has 1 aromatic heterocycles. The fourth-order valence-corrected chi connectivity index (χ4v) is 2.87. The molecule has 0 saturated carbocycles. The van der Waals surface area contributed by atoms with E-state index in [0.29, 0.717) is 5.52 Å². The van der Waals surface area contributed by atoms with Crippen LogP contribution < -0.4 is 15.7 Å². The Labute approximate surface area is 157 Å². The van der Waals surface area contributed by atoms with Gasteiger partial charge in [0.1, 0.15) is 12.8 Å². The number of nitrogens with zero attached hydrogens (tertiary/aromatic N) is 1. The van der Waals surface area contributed by atoms with E-state index in [1.807, 2.05) is 69.3 Å². The Kier molecular flexibility index (Phi) is 5.21. The van der Waals surface area contributed by atoms with E-state index < -0.39 is 17.6 Å². The highest BCUT2D eigenvalue weighted by Crippen LogP contribution is 2.25. The van der Waals surface area contributed by atoms with Gasteiger partial charge in [-0.15, -0.1) is 4.73 Å². The third-order valence-corrected chi connectivity index (χ3v) is 4.00. The van der Waals surface area contributed by atoms with E-state index in [-0.39, 0.29) is 5.69 Å². The second-order valence-electron chi connectivity index (χ2n) is 7.21. The van der Waals surface area contributed by atoms with Crippen LogP contribution in [0.4, 0.5) is 5.69 Å². The number of aliphatic hydroxyl groups is 1. The quantitative estimate of drug-likeness (QED) is 0.677. The largest absolute Gasteiger partial charge is 0.413 e. The lowest BCUT2D eigenvalue weighted by Gasteiger charge is -2.25. The molecule has 0 saturated heterocycles. The maximum absolute atomic E-state index is 12.8. The Morgan fingerprint density at radius 3 is 2.37 bits per heavy atom. The number of hydrogen-bond donors (Lipinski definition) is 2. The first-order valence-electron chi connectivity index (χ1n) is 8.70. The van der Waals surface area contributed by atoms with Crippen molar-refractivity contribution in [1.82, 2.24) is 4.73 Å². The summed E-state index contributed by atoms with van der Waals surface area (Å²) in [5.74, 6) is 0. The van der Waals surface area contributed by atoms with Crippen molar-refractivity contribution < 1.29 is 14.7 Å². The number of anilines is 1. The van der Waals surface area contributed by atoms with Crippen LogP contribution in [-0.2, 0) is 4.74 Å². The Balaban J connectivity index is 2.04. The number of aromatic nitrogens is 1. The van der Waals surface area contributed by atoms with Gasteiger partial charge in [0.2, 0.25) is 6.41 Å². The Hall–Kier alpha value is -2.83. The van der Waals surface area contributed by atoms with E-state index in [9.17, 15) is 9.90 Å². The molecule has 2 aromatic carbocycles. The molecule has 1 atom stereocenters. The molecule has 0 aliphatic heterocycles. The van der Waals surface area contributed by atoms with Crippen LogP contribution in [0.1, 0.15) is 20.8 Å². The highest BCUT2D eigenvalue weighted by Gasteiger charge is 2.19. The molecule has 0 radical (unpaired) electrons. The molecular formula is C21H24N2O4. The van der Waals surface area contributed by atoms with Gasteiger partial charge in [0.05, 0.1) is 11.1 Å². The predicted molar refractivity (Wildman–Crippen MR) is 107 cm³/mol. The first-order chi connectivity index (χ1) is 12.8. The number of pyridine rings is 1. The number of rotatable bonds is 5. The van der Waals surface area contributed by atoms with Crippen LogP contribution in [0.3, 0.4) is 0 Å². The van der Waals surface area contributed by atoms with Crippen molar-refractivity contribution in [2.75, 3.05) is 12.4 Å². The smallest absolute Gasteiger partial charge is 0.307 e. The molecule has 0 amide bonds. The molecule has 0 aliphatic rings. The second kappa shape index (κ2) is 7.42. The van der Waals surface area contributed by atoms with Crippen LogP contribution in [0.25, 0.3) is 22.0 Å². The van der Waals surface area contributed by atoms with E-state index in [1.54, 1.807) is 6.07 Å². The fourth-order valence-electron chi connectivity index (χ4n) is 2.87. The number of aliphatic hydroxyl groups excluding tert-OH is 1. The van der Waals surface area contributed by atoms with Crippen molar-refractivity contribution in [3.63, 3.8) is 0 Å². The number of hydrogen-bond acceptors (Lipinski definition) is 5. The molecule has 0 fully saturated rings. The Morgan fingerprint density at radius 2 is 1.74 bits per heavy atom. The number of benzene rings is 2. The lowest BCUT2D eigenvalue weighted by molar-refractivity contribution is -0.148. The van der Waals surface area contributed by atoms with Gasteiger partial charge in [-0.3, -0.25) is 4.79 Å². The lowest BCUT2D eigenvalue weighted by atomic mass is 10.0. The zero-order chi connectivity index (χ0) is 19.6. The van der Waals surface area contributed by atoms with Crippen molar-refractivity contribution in [3.8, 4) is 11.1 Å². The van der Waals surface area contributed by atoms with Gasteiger partial charge in [-0.1, -0.05) is 42.5 Å². The van der Waals surface area contributed by atoms with Gasteiger partial charge in [-0.25, -0.2) is 0 Å². The molecule has 0 spiro atoms. The zero-order valence-electron chi connectivity index (χ0n) is 15.9. The molecule has 3 aromatic rings. The summed E-state index contributed by atoms with van der Waals surface area (Å²) < 4.78 is 6.62. The molecule has 1 unspecified atom stereocenters. The lowest BCUT2D eigenvalue weighted by Crippen LogP contribution is -2.36. The fraction of sp³-hybridized carbons (Fsp3) is 0.286. The molecule has 3 rings (SSSR count). The minimum atomic E-state index is -1.32. The average molecular weight is 368 g/mol. The van der Waals surface area contributed by atoms with Crippen molar-refractivity contribution in [3.05, 3.63) is 65.0 Å². The molecular weight excluding hydrogens is 344 g/mol. The third-order valence-electron chi connectivity index (χ3n) is 4.00. The summed E-state index contributed by atoms with van der Waals surface area (Å²) in [6.07, 6.45) is -1.32. The summed E-state index contributed by atoms with van der Waals surface area (Å²) in [5.41, 5.74) is 1.88. The van der Waals surface area contributed by atoms with E-state index >= 15 is 0 Å². The minimum Gasteiger partial charge on any atom is -0.413 e.